The Kier molecular flexibility index (Phi) is 3.33. The van der Waals surface area contributed by atoms with E-state index in [0.717, 1.165) is 5.56 Å². The quantitative estimate of drug-likeness (QED) is 0.790. The fourth-order valence-corrected chi connectivity index (χ4v) is 1.68. The summed E-state index contributed by atoms with van der Waals surface area (Å²) in [6, 6.07) is 7.12. The van der Waals surface area contributed by atoms with Gasteiger partial charge in [0.2, 0.25) is 5.95 Å². The number of hydrogen-bond acceptors (Lipinski definition) is 6. The third kappa shape index (κ3) is 2.62. The molecule has 0 spiro atoms. The SMILES string of the molecule is Cc1ccccc1C(=O)Oc1c(C)nc(N)nc1N. The Morgan fingerprint density at radius 3 is 2.47 bits per heavy atom. The molecule has 0 saturated heterocycles. The van der Waals surface area contributed by atoms with E-state index < -0.39 is 5.97 Å². The maximum atomic E-state index is 12.1. The Morgan fingerprint density at radius 2 is 1.84 bits per heavy atom. The molecule has 2 aromatic rings. The van der Waals surface area contributed by atoms with E-state index in [4.69, 9.17) is 16.2 Å². The third-order valence-corrected chi connectivity index (χ3v) is 2.64. The number of benzene rings is 1. The number of anilines is 2. The standard InChI is InChI=1S/C13H14N4O2/c1-7-5-3-4-6-9(7)12(18)19-10-8(2)16-13(15)17-11(10)14/h3-6H,1-2H3,(H4,14,15,16,17). The molecule has 0 saturated carbocycles. The molecule has 0 atom stereocenters. The number of rotatable bonds is 2. The molecule has 0 bridgehead atoms. The second-order valence-corrected chi connectivity index (χ2v) is 4.09. The zero-order chi connectivity index (χ0) is 14.0. The fraction of sp³-hybridized carbons (Fsp3) is 0.154. The molecule has 0 unspecified atom stereocenters. The van der Waals surface area contributed by atoms with E-state index in [9.17, 15) is 4.79 Å². The van der Waals surface area contributed by atoms with Crippen molar-refractivity contribution in [3.8, 4) is 5.75 Å². The molecule has 4 N–H and O–H groups in total. The predicted octanol–water partition coefficient (Wildman–Crippen LogP) is 1.48. The predicted molar refractivity (Wildman–Crippen MR) is 71.7 cm³/mol. The lowest BCUT2D eigenvalue weighted by Gasteiger charge is -2.10. The number of esters is 1. The first kappa shape index (κ1) is 12.8. The Balaban J connectivity index is 2.32. The lowest BCUT2D eigenvalue weighted by molar-refractivity contribution is 0.0732. The highest BCUT2D eigenvalue weighted by molar-refractivity contribution is 5.93. The molecule has 0 radical (unpaired) electrons. The minimum absolute atomic E-state index is 0.0469. The number of carbonyl (C=O) groups excluding carboxylic acids is 1. The van der Waals surface area contributed by atoms with Gasteiger partial charge in [-0.3, -0.25) is 0 Å². The summed E-state index contributed by atoms with van der Waals surface area (Å²) in [5.74, 6) is -0.263. The number of nitrogens with two attached hydrogens (primary N) is 2. The molecule has 6 nitrogen and oxygen atoms in total. The normalized spacial score (nSPS) is 10.2. The van der Waals surface area contributed by atoms with E-state index in [0.29, 0.717) is 11.3 Å². The molecule has 6 heteroatoms. The Labute approximate surface area is 110 Å². The summed E-state index contributed by atoms with van der Waals surface area (Å²) in [5, 5.41) is 0. The monoisotopic (exact) mass is 258 g/mol. The highest BCUT2D eigenvalue weighted by Gasteiger charge is 2.16. The number of nitrogens with zero attached hydrogens (tertiary/aromatic N) is 2. The highest BCUT2D eigenvalue weighted by Crippen LogP contribution is 2.24. The zero-order valence-electron chi connectivity index (χ0n) is 10.7. The topological polar surface area (TPSA) is 104 Å². The maximum absolute atomic E-state index is 12.1. The first-order chi connectivity index (χ1) is 8.99. The van der Waals surface area contributed by atoms with Crippen molar-refractivity contribution in [2.45, 2.75) is 13.8 Å². The zero-order valence-corrected chi connectivity index (χ0v) is 10.7. The van der Waals surface area contributed by atoms with Gasteiger partial charge in [0.25, 0.3) is 0 Å². The van der Waals surface area contributed by atoms with E-state index in [1.165, 1.54) is 0 Å². The summed E-state index contributed by atoms with van der Waals surface area (Å²) in [6.45, 7) is 3.47. The van der Waals surface area contributed by atoms with Gasteiger partial charge in [-0.15, -0.1) is 0 Å². The summed E-state index contributed by atoms with van der Waals surface area (Å²) < 4.78 is 5.25. The molecular weight excluding hydrogens is 244 g/mol. The minimum Gasteiger partial charge on any atom is -0.417 e. The number of nitrogen functional groups attached to an aromatic ring is 2. The largest absolute Gasteiger partial charge is 0.417 e. The Hall–Kier alpha value is -2.63. The second kappa shape index (κ2) is 4.93. The van der Waals surface area contributed by atoms with Crippen LogP contribution in [0.25, 0.3) is 0 Å². The molecular formula is C13H14N4O2. The van der Waals surface area contributed by atoms with Crippen molar-refractivity contribution in [2.75, 3.05) is 11.5 Å². The van der Waals surface area contributed by atoms with Crippen LogP contribution in [0.4, 0.5) is 11.8 Å². The van der Waals surface area contributed by atoms with Crippen LogP contribution in [0.15, 0.2) is 24.3 Å². The molecule has 98 valence electrons. The van der Waals surface area contributed by atoms with E-state index >= 15 is 0 Å². The van der Waals surface area contributed by atoms with Crippen LogP contribution in [0, 0.1) is 13.8 Å². The molecule has 0 aliphatic rings. The number of hydrogen-bond donors (Lipinski definition) is 2. The number of carbonyl (C=O) groups is 1. The van der Waals surface area contributed by atoms with Crippen LogP contribution >= 0.6 is 0 Å². The average molecular weight is 258 g/mol. The van der Waals surface area contributed by atoms with Gasteiger partial charge in [0.15, 0.2) is 11.6 Å². The van der Waals surface area contributed by atoms with Gasteiger partial charge in [-0.2, -0.15) is 4.98 Å². The molecule has 0 aliphatic heterocycles. The van der Waals surface area contributed by atoms with Crippen molar-refractivity contribution in [2.24, 2.45) is 0 Å². The van der Waals surface area contributed by atoms with E-state index in [1.807, 2.05) is 19.1 Å². The summed E-state index contributed by atoms with van der Waals surface area (Å²) in [4.78, 5) is 19.7. The Bertz CT molecular complexity index is 617. The van der Waals surface area contributed by atoms with E-state index in [1.54, 1.807) is 19.1 Å². The molecule has 0 amide bonds. The molecule has 2 rings (SSSR count). The number of ether oxygens (including phenoxy) is 1. The van der Waals surface area contributed by atoms with Gasteiger partial charge in [-0.05, 0) is 25.5 Å². The van der Waals surface area contributed by atoms with Gasteiger partial charge in [0.05, 0.1) is 11.3 Å². The van der Waals surface area contributed by atoms with Crippen molar-refractivity contribution in [3.63, 3.8) is 0 Å². The average Bonchev–Trinajstić information content (AvgIpc) is 2.34. The molecule has 0 aliphatic carbocycles. The minimum atomic E-state index is -0.499. The third-order valence-electron chi connectivity index (χ3n) is 2.64. The lowest BCUT2D eigenvalue weighted by atomic mass is 10.1. The van der Waals surface area contributed by atoms with E-state index in [-0.39, 0.29) is 17.5 Å². The van der Waals surface area contributed by atoms with Crippen LogP contribution < -0.4 is 16.2 Å². The smallest absolute Gasteiger partial charge is 0.343 e. The summed E-state index contributed by atoms with van der Waals surface area (Å²) >= 11 is 0. The van der Waals surface area contributed by atoms with Crippen LogP contribution in [0.3, 0.4) is 0 Å². The van der Waals surface area contributed by atoms with Crippen molar-refractivity contribution in [3.05, 3.63) is 41.1 Å². The van der Waals surface area contributed by atoms with Crippen molar-refractivity contribution < 1.29 is 9.53 Å². The van der Waals surface area contributed by atoms with Gasteiger partial charge in [0, 0.05) is 0 Å². The molecule has 1 aromatic carbocycles. The second-order valence-electron chi connectivity index (χ2n) is 4.09. The maximum Gasteiger partial charge on any atom is 0.343 e. The molecule has 1 heterocycles. The van der Waals surface area contributed by atoms with Crippen LogP contribution in [0.2, 0.25) is 0 Å². The van der Waals surface area contributed by atoms with Crippen molar-refractivity contribution >= 4 is 17.7 Å². The van der Waals surface area contributed by atoms with Gasteiger partial charge in [-0.25, -0.2) is 9.78 Å². The van der Waals surface area contributed by atoms with Gasteiger partial charge >= 0.3 is 5.97 Å². The first-order valence-electron chi connectivity index (χ1n) is 5.66. The van der Waals surface area contributed by atoms with Crippen molar-refractivity contribution in [1.82, 2.24) is 9.97 Å². The molecule has 1 aromatic heterocycles. The van der Waals surface area contributed by atoms with Crippen molar-refractivity contribution in [1.29, 1.82) is 0 Å². The van der Waals surface area contributed by atoms with Gasteiger partial charge in [0.1, 0.15) is 0 Å². The highest BCUT2D eigenvalue weighted by atomic mass is 16.5. The van der Waals surface area contributed by atoms with E-state index in [2.05, 4.69) is 9.97 Å². The van der Waals surface area contributed by atoms with Crippen LogP contribution in [0.1, 0.15) is 21.6 Å². The molecule has 19 heavy (non-hydrogen) atoms. The first-order valence-corrected chi connectivity index (χ1v) is 5.66. The number of aromatic nitrogens is 2. The summed E-state index contributed by atoms with van der Waals surface area (Å²) in [5.41, 5.74) is 12.8. The summed E-state index contributed by atoms with van der Waals surface area (Å²) in [6.07, 6.45) is 0. The Morgan fingerprint density at radius 1 is 1.16 bits per heavy atom. The van der Waals surface area contributed by atoms with Gasteiger partial charge < -0.3 is 16.2 Å². The van der Waals surface area contributed by atoms with Crippen LogP contribution in [-0.2, 0) is 0 Å². The lowest BCUT2D eigenvalue weighted by Crippen LogP contribution is -2.14. The van der Waals surface area contributed by atoms with Gasteiger partial charge in [-0.1, -0.05) is 18.2 Å². The molecule has 0 fully saturated rings. The van der Waals surface area contributed by atoms with Crippen LogP contribution in [-0.4, -0.2) is 15.9 Å². The fourth-order valence-electron chi connectivity index (χ4n) is 1.68. The number of aryl methyl sites for hydroxylation is 2. The summed E-state index contributed by atoms with van der Waals surface area (Å²) in [7, 11) is 0. The van der Waals surface area contributed by atoms with Crippen LogP contribution in [0.5, 0.6) is 5.75 Å².